The van der Waals surface area contributed by atoms with Crippen molar-refractivity contribution in [2.75, 3.05) is 44.6 Å². The number of nitriles is 1. The highest BCUT2D eigenvalue weighted by molar-refractivity contribution is 5.93. The molecule has 6 nitrogen and oxygen atoms in total. The van der Waals surface area contributed by atoms with Crippen LogP contribution in [0.15, 0.2) is 30.3 Å². The van der Waals surface area contributed by atoms with Crippen molar-refractivity contribution in [3.8, 4) is 6.07 Å². The van der Waals surface area contributed by atoms with Crippen LogP contribution in [0.5, 0.6) is 0 Å². The van der Waals surface area contributed by atoms with Gasteiger partial charge in [-0.15, -0.1) is 0 Å². The lowest BCUT2D eigenvalue weighted by atomic mass is 10.2. The summed E-state index contributed by atoms with van der Waals surface area (Å²) in [4.78, 5) is 15.9. The monoisotopic (exact) mass is 433 g/mol. The lowest BCUT2D eigenvalue weighted by molar-refractivity contribution is -0.149. The number of carbonyl (C=O) groups is 1. The number of nitrogens with one attached hydrogen (secondary N) is 1. The number of nitrogens with zero attached hydrogens (tertiary/aromatic N) is 4. The highest BCUT2D eigenvalue weighted by Gasteiger charge is 2.32. The number of carbonyl (C=O) groups excluding carboxylic acids is 1. The van der Waals surface area contributed by atoms with Crippen LogP contribution in [0.2, 0.25) is 0 Å². The highest BCUT2D eigenvalue weighted by atomic mass is 19.4. The number of amides is 1. The summed E-state index contributed by atoms with van der Waals surface area (Å²) in [6.45, 7) is 4.72. The molecule has 1 fully saturated rings. The Balaban J connectivity index is 1.67. The van der Waals surface area contributed by atoms with Crippen LogP contribution in [0.1, 0.15) is 22.4 Å². The fourth-order valence-corrected chi connectivity index (χ4v) is 3.83. The molecule has 1 aromatic heterocycles. The number of aromatic nitrogens is 1. The summed E-state index contributed by atoms with van der Waals surface area (Å²) in [5, 5.41) is 12.5. The number of anilines is 1. The standard InChI is InChI=1S/C22H26F3N5O/c1-16-17(2)30(13-18-6-4-3-5-7-18)21(19(16)12-26)27-20(31)14-28-8-10-29(11-9-28)15-22(23,24)25/h3-7H,8-11,13-15H2,1-2H3,(H,27,31). The van der Waals surface area contributed by atoms with Gasteiger partial charge in [0.05, 0.1) is 18.7 Å². The van der Waals surface area contributed by atoms with Crippen LogP contribution in [0, 0.1) is 25.2 Å². The van der Waals surface area contributed by atoms with Crippen LogP contribution < -0.4 is 5.32 Å². The highest BCUT2D eigenvalue weighted by Crippen LogP contribution is 2.27. The lowest BCUT2D eigenvalue weighted by Crippen LogP contribution is -2.50. The number of hydrogen-bond donors (Lipinski definition) is 1. The van der Waals surface area contributed by atoms with E-state index in [4.69, 9.17) is 0 Å². The zero-order valence-electron chi connectivity index (χ0n) is 17.7. The lowest BCUT2D eigenvalue weighted by Gasteiger charge is -2.34. The minimum atomic E-state index is -4.22. The molecule has 1 amide bonds. The Bertz CT molecular complexity index is 954. The number of rotatable bonds is 6. The van der Waals surface area contributed by atoms with Gasteiger partial charge in [0.15, 0.2) is 0 Å². The molecule has 0 atom stereocenters. The maximum absolute atomic E-state index is 12.7. The van der Waals surface area contributed by atoms with E-state index in [0.717, 1.165) is 16.8 Å². The molecule has 166 valence electrons. The van der Waals surface area contributed by atoms with Crippen LogP contribution >= 0.6 is 0 Å². The molecular weight excluding hydrogens is 407 g/mol. The maximum atomic E-state index is 12.7. The van der Waals surface area contributed by atoms with Gasteiger partial charge in [0.2, 0.25) is 5.91 Å². The van der Waals surface area contributed by atoms with Gasteiger partial charge in [-0.2, -0.15) is 18.4 Å². The Morgan fingerprint density at radius 1 is 1.10 bits per heavy atom. The van der Waals surface area contributed by atoms with Crippen molar-refractivity contribution >= 4 is 11.7 Å². The molecule has 0 aliphatic carbocycles. The van der Waals surface area contributed by atoms with E-state index >= 15 is 0 Å². The van der Waals surface area contributed by atoms with E-state index in [-0.39, 0.29) is 25.5 Å². The molecule has 3 rings (SSSR count). The summed E-state index contributed by atoms with van der Waals surface area (Å²) in [6.07, 6.45) is -4.22. The summed E-state index contributed by atoms with van der Waals surface area (Å²) < 4.78 is 39.5. The van der Waals surface area contributed by atoms with Gasteiger partial charge in [0.1, 0.15) is 11.9 Å². The smallest absolute Gasteiger partial charge is 0.326 e. The van der Waals surface area contributed by atoms with Gasteiger partial charge >= 0.3 is 6.18 Å². The number of alkyl halides is 3. The quantitative estimate of drug-likeness (QED) is 0.760. The largest absolute Gasteiger partial charge is 0.401 e. The molecule has 0 spiro atoms. The Hall–Kier alpha value is -2.83. The Kier molecular flexibility index (Phi) is 7.03. The van der Waals surface area contributed by atoms with Crippen LogP contribution in [-0.4, -0.2) is 65.7 Å². The van der Waals surface area contributed by atoms with E-state index in [1.165, 1.54) is 4.90 Å². The Morgan fingerprint density at radius 3 is 2.29 bits per heavy atom. The predicted molar refractivity (Wildman–Crippen MR) is 112 cm³/mol. The summed E-state index contributed by atoms with van der Waals surface area (Å²) in [7, 11) is 0. The fourth-order valence-electron chi connectivity index (χ4n) is 3.83. The van der Waals surface area contributed by atoms with E-state index in [1.54, 1.807) is 0 Å². The van der Waals surface area contributed by atoms with Crippen molar-refractivity contribution in [3.63, 3.8) is 0 Å². The van der Waals surface area contributed by atoms with Gasteiger partial charge in [-0.1, -0.05) is 30.3 Å². The van der Waals surface area contributed by atoms with Crippen molar-refractivity contribution in [2.45, 2.75) is 26.6 Å². The fraction of sp³-hybridized carbons (Fsp3) is 0.455. The third kappa shape index (κ3) is 5.87. The van der Waals surface area contributed by atoms with Gasteiger partial charge in [-0.05, 0) is 25.0 Å². The Morgan fingerprint density at radius 2 is 1.71 bits per heavy atom. The number of halogens is 3. The molecule has 1 N–H and O–H groups in total. The Labute approximate surface area is 179 Å². The molecular formula is C22H26F3N5O. The third-order valence-corrected chi connectivity index (χ3v) is 5.62. The topological polar surface area (TPSA) is 64.3 Å². The minimum absolute atomic E-state index is 0.0688. The van der Waals surface area contributed by atoms with E-state index in [9.17, 15) is 23.2 Å². The average molecular weight is 433 g/mol. The molecule has 1 aliphatic rings. The first-order valence-electron chi connectivity index (χ1n) is 10.1. The first kappa shape index (κ1) is 22.8. The van der Waals surface area contributed by atoms with Crippen molar-refractivity contribution in [2.24, 2.45) is 0 Å². The average Bonchev–Trinajstić information content (AvgIpc) is 2.93. The SMILES string of the molecule is Cc1c(C#N)c(NC(=O)CN2CCN(CC(F)(F)F)CC2)n(Cc2ccccc2)c1C. The van der Waals surface area contributed by atoms with E-state index in [2.05, 4.69) is 11.4 Å². The summed E-state index contributed by atoms with van der Waals surface area (Å²) >= 11 is 0. The molecule has 0 saturated carbocycles. The molecule has 9 heteroatoms. The minimum Gasteiger partial charge on any atom is -0.326 e. The van der Waals surface area contributed by atoms with Crippen LogP contribution in [0.3, 0.4) is 0 Å². The zero-order chi connectivity index (χ0) is 22.6. The van der Waals surface area contributed by atoms with Crippen LogP contribution in [0.25, 0.3) is 0 Å². The van der Waals surface area contributed by atoms with E-state index in [1.807, 2.05) is 53.6 Å². The van der Waals surface area contributed by atoms with Crippen molar-refractivity contribution in [1.82, 2.24) is 14.4 Å². The van der Waals surface area contributed by atoms with E-state index in [0.29, 0.717) is 31.0 Å². The summed E-state index contributed by atoms with van der Waals surface area (Å²) in [5.74, 6) is 0.176. The van der Waals surface area contributed by atoms with Crippen molar-refractivity contribution in [1.29, 1.82) is 5.26 Å². The van der Waals surface area contributed by atoms with Crippen LogP contribution in [-0.2, 0) is 11.3 Å². The first-order valence-corrected chi connectivity index (χ1v) is 10.1. The molecule has 1 aromatic carbocycles. The third-order valence-electron chi connectivity index (χ3n) is 5.62. The molecule has 2 aromatic rings. The predicted octanol–water partition coefficient (Wildman–Crippen LogP) is 3.14. The van der Waals surface area contributed by atoms with Gasteiger partial charge < -0.3 is 9.88 Å². The second kappa shape index (κ2) is 9.54. The maximum Gasteiger partial charge on any atom is 0.401 e. The van der Waals surface area contributed by atoms with Gasteiger partial charge in [0.25, 0.3) is 0 Å². The summed E-state index contributed by atoms with van der Waals surface area (Å²) in [6, 6.07) is 11.9. The van der Waals surface area contributed by atoms with Gasteiger partial charge in [0, 0.05) is 38.4 Å². The first-order chi connectivity index (χ1) is 14.7. The van der Waals surface area contributed by atoms with Gasteiger partial charge in [-0.3, -0.25) is 14.6 Å². The van der Waals surface area contributed by atoms with Gasteiger partial charge in [-0.25, -0.2) is 0 Å². The van der Waals surface area contributed by atoms with Crippen molar-refractivity contribution < 1.29 is 18.0 Å². The van der Waals surface area contributed by atoms with Crippen LogP contribution in [0.4, 0.5) is 19.0 Å². The van der Waals surface area contributed by atoms with E-state index < -0.39 is 12.7 Å². The second-order valence-electron chi connectivity index (χ2n) is 7.83. The molecule has 1 aliphatic heterocycles. The molecule has 31 heavy (non-hydrogen) atoms. The molecule has 0 unspecified atom stereocenters. The molecule has 2 heterocycles. The molecule has 1 saturated heterocycles. The number of piperazine rings is 1. The van der Waals surface area contributed by atoms with Crippen molar-refractivity contribution in [3.05, 3.63) is 52.7 Å². The number of benzene rings is 1. The normalized spacial score (nSPS) is 15.6. The molecule has 0 radical (unpaired) electrons. The molecule has 0 bridgehead atoms. The number of hydrogen-bond acceptors (Lipinski definition) is 4. The summed E-state index contributed by atoms with van der Waals surface area (Å²) in [5.41, 5.74) is 3.18. The zero-order valence-corrected chi connectivity index (χ0v) is 17.7. The second-order valence-corrected chi connectivity index (χ2v) is 7.83.